The van der Waals surface area contributed by atoms with Crippen LogP contribution in [-0.4, -0.2) is 53.9 Å². The number of amides is 1. The second kappa shape index (κ2) is 9.74. The molecule has 1 aliphatic rings. The molecule has 1 aromatic heterocycles. The highest BCUT2D eigenvalue weighted by Crippen LogP contribution is 2.25. The van der Waals surface area contributed by atoms with Crippen molar-refractivity contribution >= 4 is 34.9 Å². The van der Waals surface area contributed by atoms with Gasteiger partial charge in [0.05, 0.1) is 11.9 Å². The Hall–Kier alpha value is -4.20. The number of rotatable bonds is 6. The summed E-state index contributed by atoms with van der Waals surface area (Å²) in [7, 11) is 0. The molecule has 0 unspecified atom stereocenters. The van der Waals surface area contributed by atoms with Crippen LogP contribution in [0.3, 0.4) is 0 Å². The molecule has 0 bridgehead atoms. The van der Waals surface area contributed by atoms with Gasteiger partial charge in [-0.2, -0.15) is 0 Å². The Morgan fingerprint density at radius 1 is 0.912 bits per heavy atom. The van der Waals surface area contributed by atoms with Gasteiger partial charge >= 0.3 is 5.97 Å². The van der Waals surface area contributed by atoms with Gasteiger partial charge in [0, 0.05) is 43.0 Å². The van der Waals surface area contributed by atoms with Crippen molar-refractivity contribution in [3.63, 3.8) is 0 Å². The van der Waals surface area contributed by atoms with E-state index in [1.165, 1.54) is 12.3 Å². The van der Waals surface area contributed by atoms with E-state index in [2.05, 4.69) is 15.2 Å². The molecule has 0 aliphatic carbocycles. The average molecular weight is 459 g/mol. The molecule has 2 heterocycles. The van der Waals surface area contributed by atoms with E-state index < -0.39 is 5.97 Å². The monoisotopic (exact) mass is 458 g/mol. The maximum absolute atomic E-state index is 12.6. The first-order valence-corrected chi connectivity index (χ1v) is 11.0. The summed E-state index contributed by atoms with van der Waals surface area (Å²) >= 11 is 0. The average Bonchev–Trinajstić information content (AvgIpc) is 2.84. The molecule has 3 aromatic rings. The number of carbonyl (C=O) groups excluding carboxylic acids is 2. The Bertz CT molecular complexity index is 1230. The van der Waals surface area contributed by atoms with Gasteiger partial charge in [-0.05, 0) is 55.8 Å². The molecule has 34 heavy (non-hydrogen) atoms. The summed E-state index contributed by atoms with van der Waals surface area (Å²) in [6.45, 7) is 5.95. The predicted octanol–water partition coefficient (Wildman–Crippen LogP) is 3.87. The number of nitrogens with zero attached hydrogens (tertiary/aromatic N) is 3. The van der Waals surface area contributed by atoms with Crippen LogP contribution in [-0.2, 0) is 0 Å². The van der Waals surface area contributed by atoms with Gasteiger partial charge in [0.2, 0.25) is 0 Å². The smallest absolute Gasteiger partial charge is 0.339 e. The molecule has 8 heteroatoms. The first-order valence-electron chi connectivity index (χ1n) is 11.0. The van der Waals surface area contributed by atoms with Gasteiger partial charge in [0.25, 0.3) is 5.91 Å². The molecule has 2 N–H and O–H groups in total. The van der Waals surface area contributed by atoms with Gasteiger partial charge in [0.1, 0.15) is 11.4 Å². The lowest BCUT2D eigenvalue weighted by molar-refractivity contribution is 0.0696. The van der Waals surface area contributed by atoms with Crippen LogP contribution in [0.5, 0.6) is 0 Å². The first-order chi connectivity index (χ1) is 16.3. The summed E-state index contributed by atoms with van der Waals surface area (Å²) in [6, 6.07) is 16.1. The van der Waals surface area contributed by atoms with E-state index in [0.717, 1.165) is 11.3 Å². The van der Waals surface area contributed by atoms with Gasteiger partial charge in [-0.3, -0.25) is 9.59 Å². The Balaban J connectivity index is 1.47. The highest BCUT2D eigenvalue weighted by Gasteiger charge is 2.24. The number of aryl methyl sites for hydroxylation is 1. The number of piperazine rings is 1. The fourth-order valence-electron chi connectivity index (χ4n) is 4.04. The number of carboxylic acid groups (broad SMARTS) is 1. The van der Waals surface area contributed by atoms with Gasteiger partial charge in [0.15, 0.2) is 5.78 Å². The molecule has 0 radical (unpaired) electrons. The van der Waals surface area contributed by atoms with E-state index in [1.54, 1.807) is 19.1 Å². The Morgan fingerprint density at radius 2 is 1.56 bits per heavy atom. The van der Waals surface area contributed by atoms with E-state index in [-0.39, 0.29) is 17.3 Å². The molecule has 0 spiro atoms. The Kier molecular flexibility index (Phi) is 6.58. The third-order valence-corrected chi connectivity index (χ3v) is 5.96. The summed E-state index contributed by atoms with van der Waals surface area (Å²) in [5, 5.41) is 12.5. The zero-order valence-electron chi connectivity index (χ0n) is 19.1. The number of ketones is 1. The second-order valence-corrected chi connectivity index (χ2v) is 8.25. The fraction of sp³-hybridized carbons (Fsp3) is 0.231. The number of nitrogens with one attached hydrogen (secondary N) is 1. The number of benzene rings is 2. The molecule has 1 aliphatic heterocycles. The number of pyridine rings is 1. The van der Waals surface area contributed by atoms with Crippen molar-refractivity contribution in [1.82, 2.24) is 4.98 Å². The van der Waals surface area contributed by atoms with Crippen LogP contribution in [0.4, 0.5) is 17.2 Å². The molecule has 1 saturated heterocycles. The van der Waals surface area contributed by atoms with E-state index in [9.17, 15) is 19.5 Å². The minimum atomic E-state index is -1.10. The third-order valence-electron chi connectivity index (χ3n) is 5.96. The lowest BCUT2D eigenvalue weighted by Crippen LogP contribution is -2.47. The molecule has 174 valence electrons. The summed E-state index contributed by atoms with van der Waals surface area (Å²) in [5.74, 6) is -1.000. The van der Waals surface area contributed by atoms with Crippen LogP contribution in [0.15, 0.2) is 60.8 Å². The van der Waals surface area contributed by atoms with E-state index >= 15 is 0 Å². The second-order valence-electron chi connectivity index (χ2n) is 8.25. The summed E-state index contributed by atoms with van der Waals surface area (Å²) < 4.78 is 0. The predicted molar refractivity (Wildman–Crippen MR) is 131 cm³/mol. The number of hydrogen-bond donors (Lipinski definition) is 2. The van der Waals surface area contributed by atoms with E-state index in [1.807, 2.05) is 48.2 Å². The molecule has 4 rings (SSSR count). The van der Waals surface area contributed by atoms with Crippen molar-refractivity contribution in [2.24, 2.45) is 0 Å². The first kappa shape index (κ1) is 23.0. The standard InChI is InChI=1S/C26H26N4O4/c1-17-5-3-4-6-22(17)25(32)28-20-15-23(26(33)34)24(27-16-20)30-13-11-29(12-14-30)21-9-7-19(8-10-21)18(2)31/h3-10,15-16H,11-14H2,1-2H3,(H,28,32)(H,33,34). The number of Topliss-reactive ketones (excluding diaryl/α,β-unsaturated/α-hetero) is 1. The van der Waals surface area contributed by atoms with Crippen LogP contribution in [0, 0.1) is 6.92 Å². The molecule has 1 fully saturated rings. The van der Waals surface area contributed by atoms with Crippen molar-refractivity contribution in [2.75, 3.05) is 41.3 Å². The quantitative estimate of drug-likeness (QED) is 0.541. The summed E-state index contributed by atoms with van der Waals surface area (Å²) in [5.41, 5.74) is 3.42. The number of anilines is 3. The van der Waals surface area contributed by atoms with Crippen LogP contribution < -0.4 is 15.1 Å². The molecule has 0 atom stereocenters. The molecular formula is C26H26N4O4. The number of hydrogen-bond acceptors (Lipinski definition) is 6. The van der Waals surface area contributed by atoms with Gasteiger partial charge in [-0.1, -0.05) is 18.2 Å². The fourth-order valence-corrected chi connectivity index (χ4v) is 4.04. The van der Waals surface area contributed by atoms with Crippen LogP contribution in [0.1, 0.15) is 43.6 Å². The van der Waals surface area contributed by atoms with Crippen molar-refractivity contribution < 1.29 is 19.5 Å². The SMILES string of the molecule is CC(=O)c1ccc(N2CCN(c3ncc(NC(=O)c4ccccc4C)cc3C(=O)O)CC2)cc1. The molecule has 1 amide bonds. The third kappa shape index (κ3) is 4.91. The highest BCUT2D eigenvalue weighted by molar-refractivity contribution is 6.06. The van der Waals surface area contributed by atoms with Crippen molar-refractivity contribution in [2.45, 2.75) is 13.8 Å². The topological polar surface area (TPSA) is 103 Å². The Labute approximate surface area is 197 Å². The van der Waals surface area contributed by atoms with Crippen LogP contribution >= 0.6 is 0 Å². The maximum atomic E-state index is 12.6. The van der Waals surface area contributed by atoms with Crippen LogP contribution in [0.2, 0.25) is 0 Å². The normalized spacial score (nSPS) is 13.5. The van der Waals surface area contributed by atoms with Gasteiger partial charge in [-0.15, -0.1) is 0 Å². The van der Waals surface area contributed by atoms with E-state index in [4.69, 9.17) is 0 Å². The van der Waals surface area contributed by atoms with Gasteiger partial charge in [-0.25, -0.2) is 9.78 Å². The number of aromatic nitrogens is 1. The number of aromatic carboxylic acids is 1. The highest BCUT2D eigenvalue weighted by atomic mass is 16.4. The zero-order valence-corrected chi connectivity index (χ0v) is 19.1. The maximum Gasteiger partial charge on any atom is 0.339 e. The molecule has 2 aromatic carbocycles. The minimum Gasteiger partial charge on any atom is -0.478 e. The van der Waals surface area contributed by atoms with Crippen molar-refractivity contribution in [3.8, 4) is 0 Å². The lowest BCUT2D eigenvalue weighted by Gasteiger charge is -2.37. The summed E-state index contributed by atoms with van der Waals surface area (Å²) in [6.07, 6.45) is 1.49. The molecular weight excluding hydrogens is 432 g/mol. The Morgan fingerprint density at radius 3 is 2.18 bits per heavy atom. The van der Waals surface area contributed by atoms with Crippen LogP contribution in [0.25, 0.3) is 0 Å². The zero-order chi connectivity index (χ0) is 24.2. The number of carboxylic acids is 1. The largest absolute Gasteiger partial charge is 0.478 e. The molecule has 0 saturated carbocycles. The van der Waals surface area contributed by atoms with Gasteiger partial charge < -0.3 is 20.2 Å². The summed E-state index contributed by atoms with van der Waals surface area (Å²) in [4.78, 5) is 44.6. The lowest BCUT2D eigenvalue weighted by atomic mass is 10.1. The van der Waals surface area contributed by atoms with Crippen molar-refractivity contribution in [3.05, 3.63) is 83.0 Å². The molecule has 8 nitrogen and oxygen atoms in total. The van der Waals surface area contributed by atoms with E-state index in [0.29, 0.717) is 48.8 Å². The number of carbonyl (C=O) groups is 3. The minimum absolute atomic E-state index is 0.0298. The van der Waals surface area contributed by atoms with Crippen molar-refractivity contribution in [1.29, 1.82) is 0 Å².